The van der Waals surface area contributed by atoms with Crippen LogP contribution in [0.25, 0.3) is 0 Å². The summed E-state index contributed by atoms with van der Waals surface area (Å²) in [5.74, 6) is 1.24. The Kier molecular flexibility index (Phi) is 4.55. The summed E-state index contributed by atoms with van der Waals surface area (Å²) in [6.07, 6.45) is 3.05. The molecule has 0 fully saturated rings. The van der Waals surface area contributed by atoms with Gasteiger partial charge in [-0.3, -0.25) is 0 Å². The molecule has 0 saturated heterocycles. The van der Waals surface area contributed by atoms with Gasteiger partial charge in [0.05, 0.1) is 7.11 Å². The molecule has 3 N–H and O–H groups in total. The molecule has 0 aliphatic rings. The molecule has 0 aliphatic heterocycles. The normalized spacial score (nSPS) is 11.2. The zero-order valence-corrected chi connectivity index (χ0v) is 11.9. The molecule has 1 heterocycles. The lowest BCUT2D eigenvalue weighted by Gasteiger charge is -2.21. The van der Waals surface area contributed by atoms with E-state index in [0.29, 0.717) is 18.1 Å². The number of ether oxygens (including phenoxy) is 1. The van der Waals surface area contributed by atoms with E-state index in [1.54, 1.807) is 13.3 Å². The highest BCUT2D eigenvalue weighted by molar-refractivity contribution is 5.99. The Morgan fingerprint density at radius 3 is 2.76 bits per heavy atom. The van der Waals surface area contributed by atoms with Crippen LogP contribution in [0.5, 0.6) is 5.75 Å². The Labute approximate surface area is 122 Å². The molecule has 21 heavy (non-hydrogen) atoms. The van der Waals surface area contributed by atoms with Crippen LogP contribution in [-0.2, 0) is 6.54 Å². The molecule has 1 aromatic heterocycles. The van der Waals surface area contributed by atoms with Gasteiger partial charge in [0.2, 0.25) is 0 Å². The van der Waals surface area contributed by atoms with Crippen LogP contribution in [0.4, 0.5) is 5.82 Å². The first-order valence-corrected chi connectivity index (χ1v) is 6.29. The number of methoxy groups -OCH3 is 1. The van der Waals surface area contributed by atoms with Crippen molar-refractivity contribution in [1.29, 1.82) is 0 Å². The van der Waals surface area contributed by atoms with Gasteiger partial charge in [-0.1, -0.05) is 23.4 Å². The number of benzene rings is 1. The third-order valence-corrected chi connectivity index (χ3v) is 2.99. The number of hydrogen-bond acceptors (Lipinski definition) is 6. The molecule has 110 valence electrons. The lowest BCUT2D eigenvalue weighted by atomic mass is 10.2. The van der Waals surface area contributed by atoms with Gasteiger partial charge in [0, 0.05) is 31.5 Å². The Morgan fingerprint density at radius 2 is 2.05 bits per heavy atom. The van der Waals surface area contributed by atoms with E-state index in [9.17, 15) is 0 Å². The third-order valence-electron chi connectivity index (χ3n) is 2.99. The molecular formula is C14H17N5O2. The number of anilines is 1. The number of hydrogen-bond donors (Lipinski definition) is 2. The van der Waals surface area contributed by atoms with Crippen LogP contribution in [0.1, 0.15) is 11.3 Å². The predicted molar refractivity (Wildman–Crippen MR) is 79.6 cm³/mol. The van der Waals surface area contributed by atoms with E-state index in [1.807, 2.05) is 36.2 Å². The summed E-state index contributed by atoms with van der Waals surface area (Å²) in [6.45, 7) is 0.550. The average molecular weight is 287 g/mol. The molecule has 0 saturated carbocycles. The maximum absolute atomic E-state index is 8.82. The maximum atomic E-state index is 8.82. The van der Waals surface area contributed by atoms with Crippen LogP contribution in [0.2, 0.25) is 0 Å². The Hall–Kier alpha value is -2.83. The zero-order chi connectivity index (χ0) is 15.2. The van der Waals surface area contributed by atoms with Gasteiger partial charge in [-0.15, -0.1) is 0 Å². The van der Waals surface area contributed by atoms with Gasteiger partial charge in [0.15, 0.2) is 17.3 Å². The van der Waals surface area contributed by atoms with Gasteiger partial charge in [-0.05, 0) is 6.07 Å². The standard InChI is InChI=1S/C14H17N5O2/c1-19(9-10-5-3-4-6-11(10)21-2)14-12(13(15)18-20)16-7-8-17-14/h3-8,20H,9H2,1-2H3,(H2,15,18). The van der Waals surface area contributed by atoms with E-state index in [2.05, 4.69) is 15.1 Å². The molecule has 0 aliphatic carbocycles. The van der Waals surface area contributed by atoms with E-state index < -0.39 is 0 Å². The topological polar surface area (TPSA) is 96.9 Å². The lowest BCUT2D eigenvalue weighted by molar-refractivity contribution is 0.318. The minimum atomic E-state index is -0.0787. The summed E-state index contributed by atoms with van der Waals surface area (Å²) in [4.78, 5) is 10.2. The van der Waals surface area contributed by atoms with Crippen LogP contribution >= 0.6 is 0 Å². The molecule has 0 spiro atoms. The van der Waals surface area contributed by atoms with Gasteiger partial charge in [-0.2, -0.15) is 0 Å². The van der Waals surface area contributed by atoms with Gasteiger partial charge in [0.25, 0.3) is 0 Å². The molecule has 0 radical (unpaired) electrons. The van der Waals surface area contributed by atoms with Crippen LogP contribution in [-0.4, -0.2) is 35.2 Å². The van der Waals surface area contributed by atoms with Gasteiger partial charge < -0.3 is 20.6 Å². The smallest absolute Gasteiger partial charge is 0.192 e. The van der Waals surface area contributed by atoms with Crippen molar-refractivity contribution in [2.75, 3.05) is 19.1 Å². The first-order chi connectivity index (χ1) is 10.2. The first-order valence-electron chi connectivity index (χ1n) is 6.29. The van der Waals surface area contributed by atoms with Crippen molar-refractivity contribution in [2.45, 2.75) is 6.54 Å². The number of rotatable bonds is 5. The Bertz CT molecular complexity index is 645. The summed E-state index contributed by atoms with van der Waals surface area (Å²) in [7, 11) is 3.48. The summed E-state index contributed by atoms with van der Waals surface area (Å²) in [5, 5.41) is 11.8. The van der Waals surface area contributed by atoms with E-state index in [4.69, 9.17) is 15.7 Å². The van der Waals surface area contributed by atoms with Crippen molar-refractivity contribution in [1.82, 2.24) is 9.97 Å². The second-order valence-electron chi connectivity index (χ2n) is 4.38. The van der Waals surface area contributed by atoms with E-state index in [0.717, 1.165) is 11.3 Å². The van der Waals surface area contributed by atoms with Crippen molar-refractivity contribution < 1.29 is 9.94 Å². The lowest BCUT2D eigenvalue weighted by Crippen LogP contribution is -2.25. The average Bonchev–Trinajstić information content (AvgIpc) is 2.54. The number of nitrogens with zero attached hydrogens (tertiary/aromatic N) is 4. The Balaban J connectivity index is 2.31. The minimum Gasteiger partial charge on any atom is -0.496 e. The van der Waals surface area contributed by atoms with Crippen molar-refractivity contribution >= 4 is 11.7 Å². The molecule has 7 nitrogen and oxygen atoms in total. The van der Waals surface area contributed by atoms with Gasteiger partial charge in [0.1, 0.15) is 5.75 Å². The van der Waals surface area contributed by atoms with E-state index >= 15 is 0 Å². The van der Waals surface area contributed by atoms with Gasteiger partial charge >= 0.3 is 0 Å². The maximum Gasteiger partial charge on any atom is 0.192 e. The highest BCUT2D eigenvalue weighted by atomic mass is 16.5. The Morgan fingerprint density at radius 1 is 1.33 bits per heavy atom. The molecular weight excluding hydrogens is 270 g/mol. The fraction of sp³-hybridized carbons (Fsp3) is 0.214. The number of aromatic nitrogens is 2. The predicted octanol–water partition coefficient (Wildman–Crippen LogP) is 1.22. The first kappa shape index (κ1) is 14.6. The second kappa shape index (κ2) is 6.56. The van der Waals surface area contributed by atoms with Crippen LogP contribution in [0.15, 0.2) is 41.8 Å². The SMILES string of the molecule is COc1ccccc1CN(C)c1nccnc1C(N)=NO. The van der Waals surface area contributed by atoms with Crippen molar-refractivity contribution in [2.24, 2.45) is 10.9 Å². The van der Waals surface area contributed by atoms with Crippen molar-refractivity contribution in [3.63, 3.8) is 0 Å². The molecule has 0 bridgehead atoms. The number of oxime groups is 1. The highest BCUT2D eigenvalue weighted by Gasteiger charge is 2.15. The number of para-hydroxylation sites is 1. The number of amidine groups is 1. The molecule has 1 aromatic carbocycles. The van der Waals surface area contributed by atoms with Crippen LogP contribution < -0.4 is 15.4 Å². The highest BCUT2D eigenvalue weighted by Crippen LogP contribution is 2.22. The summed E-state index contributed by atoms with van der Waals surface area (Å²) < 4.78 is 5.33. The fourth-order valence-corrected chi connectivity index (χ4v) is 2.00. The summed E-state index contributed by atoms with van der Waals surface area (Å²) in [6, 6.07) is 7.71. The fourth-order valence-electron chi connectivity index (χ4n) is 2.00. The van der Waals surface area contributed by atoms with Crippen LogP contribution in [0, 0.1) is 0 Å². The quantitative estimate of drug-likeness (QED) is 0.371. The van der Waals surface area contributed by atoms with Crippen molar-refractivity contribution in [3.8, 4) is 5.75 Å². The molecule has 0 unspecified atom stereocenters. The minimum absolute atomic E-state index is 0.0787. The molecule has 2 rings (SSSR count). The second-order valence-corrected chi connectivity index (χ2v) is 4.38. The summed E-state index contributed by atoms with van der Waals surface area (Å²) in [5.41, 5.74) is 6.96. The van der Waals surface area contributed by atoms with Gasteiger partial charge in [-0.25, -0.2) is 9.97 Å². The largest absolute Gasteiger partial charge is 0.496 e. The van der Waals surface area contributed by atoms with Crippen LogP contribution in [0.3, 0.4) is 0 Å². The molecule has 7 heteroatoms. The van der Waals surface area contributed by atoms with E-state index in [1.165, 1.54) is 6.20 Å². The zero-order valence-electron chi connectivity index (χ0n) is 11.9. The third kappa shape index (κ3) is 3.19. The number of nitrogens with two attached hydrogens (primary N) is 1. The summed E-state index contributed by atoms with van der Waals surface area (Å²) >= 11 is 0. The molecule has 0 amide bonds. The monoisotopic (exact) mass is 287 g/mol. The van der Waals surface area contributed by atoms with E-state index in [-0.39, 0.29) is 5.84 Å². The molecule has 2 aromatic rings. The van der Waals surface area contributed by atoms with Crippen molar-refractivity contribution in [3.05, 3.63) is 47.9 Å². The molecule has 0 atom stereocenters.